The van der Waals surface area contributed by atoms with Gasteiger partial charge in [-0.1, -0.05) is 18.2 Å². The molecule has 142 valence electrons. The van der Waals surface area contributed by atoms with E-state index in [9.17, 15) is 4.79 Å². The number of aromatic nitrogens is 2. The molecule has 7 heteroatoms. The Morgan fingerprint density at radius 2 is 1.74 bits per heavy atom. The van der Waals surface area contributed by atoms with E-state index in [0.717, 1.165) is 48.6 Å². The van der Waals surface area contributed by atoms with Crippen LogP contribution in [-0.4, -0.2) is 48.0 Å². The van der Waals surface area contributed by atoms with Gasteiger partial charge in [-0.05, 0) is 25.0 Å². The Morgan fingerprint density at radius 3 is 2.33 bits per heavy atom. The van der Waals surface area contributed by atoms with E-state index < -0.39 is 5.79 Å². The van der Waals surface area contributed by atoms with Crippen LogP contribution in [0.1, 0.15) is 34.5 Å². The highest BCUT2D eigenvalue weighted by Gasteiger charge is 2.40. The van der Waals surface area contributed by atoms with Crippen LogP contribution in [0.25, 0.3) is 0 Å². The maximum absolute atomic E-state index is 12.5. The summed E-state index contributed by atoms with van der Waals surface area (Å²) < 4.78 is 11.5. The van der Waals surface area contributed by atoms with Gasteiger partial charge in [0.15, 0.2) is 5.79 Å². The Morgan fingerprint density at radius 1 is 1.07 bits per heavy atom. The maximum Gasteiger partial charge on any atom is 0.275 e. The molecule has 0 radical (unpaired) electrons. The minimum Gasteiger partial charge on any atom is -0.355 e. The maximum atomic E-state index is 12.5. The van der Waals surface area contributed by atoms with E-state index in [4.69, 9.17) is 9.47 Å². The SMILES string of the molecule is Cc1cccc(C)c1NC(=O)c1cnc(N2CCC3(CC2)OCCO3)cn1. The van der Waals surface area contributed by atoms with Gasteiger partial charge in [0.1, 0.15) is 11.5 Å². The molecule has 1 spiro atoms. The lowest BCUT2D eigenvalue weighted by Gasteiger charge is -2.37. The Hall–Kier alpha value is -2.51. The molecule has 7 nitrogen and oxygen atoms in total. The molecular weight excluding hydrogens is 344 g/mol. The predicted octanol–water partition coefficient (Wildman–Crippen LogP) is 2.69. The number of piperidine rings is 1. The third kappa shape index (κ3) is 3.65. The Kier molecular flexibility index (Phi) is 4.80. The first kappa shape index (κ1) is 17.9. The van der Waals surface area contributed by atoms with Crippen molar-refractivity contribution in [2.24, 2.45) is 0 Å². The monoisotopic (exact) mass is 368 g/mol. The summed E-state index contributed by atoms with van der Waals surface area (Å²) >= 11 is 0. The molecule has 0 aliphatic carbocycles. The van der Waals surface area contributed by atoms with E-state index in [-0.39, 0.29) is 5.91 Å². The van der Waals surface area contributed by atoms with Gasteiger partial charge in [0.2, 0.25) is 0 Å². The summed E-state index contributed by atoms with van der Waals surface area (Å²) in [5.74, 6) is 0.109. The molecule has 2 saturated heterocycles. The molecular formula is C20H24N4O3. The van der Waals surface area contributed by atoms with E-state index in [2.05, 4.69) is 20.2 Å². The highest BCUT2D eigenvalue weighted by molar-refractivity contribution is 6.03. The minimum atomic E-state index is -0.408. The zero-order valence-electron chi connectivity index (χ0n) is 15.7. The molecule has 2 fully saturated rings. The lowest BCUT2D eigenvalue weighted by Crippen LogP contribution is -2.45. The van der Waals surface area contributed by atoms with Crippen LogP contribution in [0.15, 0.2) is 30.6 Å². The first-order valence-electron chi connectivity index (χ1n) is 9.29. The number of amides is 1. The number of hydrogen-bond acceptors (Lipinski definition) is 6. The van der Waals surface area contributed by atoms with Gasteiger partial charge in [-0.15, -0.1) is 0 Å². The molecule has 1 aromatic heterocycles. The zero-order chi connectivity index (χ0) is 18.9. The number of carbonyl (C=O) groups is 1. The molecule has 27 heavy (non-hydrogen) atoms. The number of carbonyl (C=O) groups excluding carboxylic acids is 1. The third-order valence-corrected chi connectivity index (χ3v) is 5.25. The number of nitrogens with one attached hydrogen (secondary N) is 1. The van der Waals surface area contributed by atoms with Crippen molar-refractivity contribution < 1.29 is 14.3 Å². The van der Waals surface area contributed by atoms with Gasteiger partial charge in [-0.25, -0.2) is 9.97 Å². The van der Waals surface area contributed by atoms with Gasteiger partial charge in [-0.3, -0.25) is 4.79 Å². The van der Waals surface area contributed by atoms with Crippen molar-refractivity contribution in [3.8, 4) is 0 Å². The smallest absolute Gasteiger partial charge is 0.275 e. The molecule has 0 atom stereocenters. The lowest BCUT2D eigenvalue weighted by molar-refractivity contribution is -0.169. The van der Waals surface area contributed by atoms with E-state index >= 15 is 0 Å². The number of benzene rings is 1. The largest absolute Gasteiger partial charge is 0.355 e. The molecule has 0 bridgehead atoms. The molecule has 2 aliphatic rings. The topological polar surface area (TPSA) is 76.6 Å². The van der Waals surface area contributed by atoms with Crippen LogP contribution in [0.5, 0.6) is 0 Å². The molecule has 2 aliphatic heterocycles. The molecule has 0 saturated carbocycles. The fraction of sp³-hybridized carbons (Fsp3) is 0.450. The Bertz CT molecular complexity index is 801. The van der Waals surface area contributed by atoms with Crippen molar-refractivity contribution in [1.82, 2.24) is 9.97 Å². The van der Waals surface area contributed by atoms with Gasteiger partial charge >= 0.3 is 0 Å². The fourth-order valence-electron chi connectivity index (χ4n) is 3.65. The molecule has 4 rings (SSSR count). The van der Waals surface area contributed by atoms with Gasteiger partial charge in [0, 0.05) is 31.6 Å². The van der Waals surface area contributed by atoms with Gasteiger partial charge in [0.05, 0.1) is 25.6 Å². The summed E-state index contributed by atoms with van der Waals surface area (Å²) in [6.07, 6.45) is 4.81. The summed E-state index contributed by atoms with van der Waals surface area (Å²) in [4.78, 5) is 23.4. The molecule has 1 amide bonds. The van der Waals surface area contributed by atoms with Crippen molar-refractivity contribution in [2.75, 3.05) is 36.5 Å². The summed E-state index contributed by atoms with van der Waals surface area (Å²) in [5, 5.41) is 2.94. The second-order valence-electron chi connectivity index (χ2n) is 7.08. The number of rotatable bonds is 3. The average molecular weight is 368 g/mol. The second kappa shape index (κ2) is 7.25. The zero-order valence-corrected chi connectivity index (χ0v) is 15.7. The first-order chi connectivity index (χ1) is 13.1. The van der Waals surface area contributed by atoms with Gasteiger partial charge < -0.3 is 19.7 Å². The van der Waals surface area contributed by atoms with Crippen LogP contribution in [-0.2, 0) is 9.47 Å². The number of ether oxygens (including phenoxy) is 2. The van der Waals surface area contributed by atoms with Gasteiger partial charge in [-0.2, -0.15) is 0 Å². The number of aryl methyl sites for hydroxylation is 2. The summed E-state index contributed by atoms with van der Waals surface area (Å²) in [6, 6.07) is 5.91. The Labute approximate surface area is 158 Å². The number of nitrogens with zero attached hydrogens (tertiary/aromatic N) is 3. The molecule has 1 N–H and O–H groups in total. The van der Waals surface area contributed by atoms with Crippen LogP contribution < -0.4 is 10.2 Å². The molecule has 2 aromatic rings. The van der Waals surface area contributed by atoms with E-state index in [1.807, 2.05) is 32.0 Å². The van der Waals surface area contributed by atoms with Crippen LogP contribution in [0.4, 0.5) is 11.5 Å². The summed E-state index contributed by atoms with van der Waals surface area (Å²) in [6.45, 7) is 6.87. The summed E-state index contributed by atoms with van der Waals surface area (Å²) in [7, 11) is 0. The number of hydrogen-bond donors (Lipinski definition) is 1. The first-order valence-corrected chi connectivity index (χ1v) is 9.29. The van der Waals surface area contributed by atoms with Gasteiger partial charge in [0.25, 0.3) is 5.91 Å². The molecule has 3 heterocycles. The van der Waals surface area contributed by atoms with Crippen LogP contribution in [0.2, 0.25) is 0 Å². The van der Waals surface area contributed by atoms with Crippen molar-refractivity contribution in [3.63, 3.8) is 0 Å². The van der Waals surface area contributed by atoms with Crippen LogP contribution in [0, 0.1) is 13.8 Å². The molecule has 0 unspecified atom stereocenters. The second-order valence-corrected chi connectivity index (χ2v) is 7.08. The van der Waals surface area contributed by atoms with E-state index in [1.54, 1.807) is 6.20 Å². The Balaban J connectivity index is 1.41. The van der Waals surface area contributed by atoms with E-state index in [0.29, 0.717) is 18.9 Å². The highest BCUT2D eigenvalue weighted by Crippen LogP contribution is 2.32. The average Bonchev–Trinajstić information content (AvgIpc) is 3.13. The van der Waals surface area contributed by atoms with Crippen molar-refractivity contribution in [2.45, 2.75) is 32.5 Å². The highest BCUT2D eigenvalue weighted by atomic mass is 16.7. The number of anilines is 2. The molecule has 1 aromatic carbocycles. The summed E-state index contributed by atoms with van der Waals surface area (Å²) in [5.41, 5.74) is 3.17. The van der Waals surface area contributed by atoms with Crippen LogP contribution in [0.3, 0.4) is 0 Å². The van der Waals surface area contributed by atoms with Crippen LogP contribution >= 0.6 is 0 Å². The quantitative estimate of drug-likeness (QED) is 0.898. The fourth-order valence-corrected chi connectivity index (χ4v) is 3.65. The number of para-hydroxylation sites is 1. The minimum absolute atomic E-state index is 0.253. The van der Waals surface area contributed by atoms with Crippen molar-refractivity contribution in [3.05, 3.63) is 47.4 Å². The van der Waals surface area contributed by atoms with E-state index in [1.165, 1.54) is 6.20 Å². The predicted molar refractivity (Wildman–Crippen MR) is 102 cm³/mol. The van der Waals surface area contributed by atoms with Crippen molar-refractivity contribution >= 4 is 17.4 Å². The third-order valence-electron chi connectivity index (χ3n) is 5.25. The van der Waals surface area contributed by atoms with Crippen molar-refractivity contribution in [1.29, 1.82) is 0 Å². The standard InChI is InChI=1S/C20H24N4O3/c1-14-4-3-5-15(2)18(14)23-19(25)16-12-22-17(13-21-16)24-8-6-20(7-9-24)26-10-11-27-20/h3-5,12-13H,6-11H2,1-2H3,(H,23,25). The lowest BCUT2D eigenvalue weighted by atomic mass is 10.0. The normalized spacial score (nSPS) is 18.7.